The van der Waals surface area contributed by atoms with Crippen molar-refractivity contribution in [3.8, 4) is 0 Å². The van der Waals surface area contributed by atoms with Crippen LogP contribution in [0.25, 0.3) is 0 Å². The topological polar surface area (TPSA) is 90.8 Å². The lowest BCUT2D eigenvalue weighted by Crippen LogP contribution is -2.40. The average molecular weight is 337 g/mol. The summed E-state index contributed by atoms with van der Waals surface area (Å²) < 4.78 is 0. The van der Waals surface area contributed by atoms with Gasteiger partial charge in [-0.3, -0.25) is 14.4 Å². The average Bonchev–Trinajstić information content (AvgIpc) is 3.25. The molecule has 2 aliphatic heterocycles. The number of carbonyl (C=O) groups is 3. The molecule has 8 heteroatoms. The third kappa shape index (κ3) is 3.08. The minimum absolute atomic E-state index is 0.0612. The highest BCUT2D eigenvalue weighted by Crippen LogP contribution is 2.26. The van der Waals surface area contributed by atoms with Gasteiger partial charge in [0.25, 0.3) is 5.91 Å². The summed E-state index contributed by atoms with van der Waals surface area (Å²) in [6, 6.07) is -0.0833. The van der Waals surface area contributed by atoms with Crippen LogP contribution in [-0.4, -0.2) is 63.4 Å². The van der Waals surface area contributed by atoms with E-state index in [0.29, 0.717) is 25.2 Å². The number of thiazole rings is 1. The Morgan fingerprint density at radius 2 is 2.22 bits per heavy atom. The molecule has 23 heavy (non-hydrogen) atoms. The van der Waals surface area contributed by atoms with Crippen LogP contribution in [0, 0.1) is 5.92 Å². The molecule has 1 aromatic heterocycles. The molecule has 0 aromatic carbocycles. The molecular formula is C15H19N3O4S. The highest BCUT2D eigenvalue weighted by molar-refractivity contribution is 7.09. The van der Waals surface area contributed by atoms with Crippen molar-refractivity contribution in [2.75, 3.05) is 19.6 Å². The lowest BCUT2D eigenvalue weighted by Gasteiger charge is -2.24. The first-order valence-electron chi connectivity index (χ1n) is 7.75. The van der Waals surface area contributed by atoms with E-state index in [1.54, 1.807) is 15.2 Å². The minimum atomic E-state index is -0.929. The minimum Gasteiger partial charge on any atom is -0.481 e. The van der Waals surface area contributed by atoms with E-state index in [1.165, 1.54) is 11.3 Å². The van der Waals surface area contributed by atoms with Crippen LogP contribution in [0.4, 0.5) is 0 Å². The van der Waals surface area contributed by atoms with Gasteiger partial charge in [-0.1, -0.05) is 6.92 Å². The van der Waals surface area contributed by atoms with E-state index < -0.39 is 11.9 Å². The maximum absolute atomic E-state index is 12.5. The summed E-state index contributed by atoms with van der Waals surface area (Å²) in [5.41, 5.74) is 0.462. The molecule has 0 saturated carbocycles. The molecule has 2 unspecified atom stereocenters. The number of carboxylic acids is 1. The van der Waals surface area contributed by atoms with E-state index in [0.717, 1.165) is 11.4 Å². The Bertz CT molecular complexity index is 644. The van der Waals surface area contributed by atoms with Gasteiger partial charge in [0.05, 0.1) is 17.0 Å². The molecule has 124 valence electrons. The highest BCUT2D eigenvalue weighted by atomic mass is 32.1. The number of amides is 2. The number of hydrogen-bond donors (Lipinski definition) is 1. The molecule has 2 saturated heterocycles. The van der Waals surface area contributed by atoms with Crippen molar-refractivity contribution in [3.05, 3.63) is 16.1 Å². The molecule has 3 heterocycles. The molecule has 0 bridgehead atoms. The van der Waals surface area contributed by atoms with Crippen LogP contribution in [0.2, 0.25) is 0 Å². The molecule has 0 radical (unpaired) electrons. The van der Waals surface area contributed by atoms with Gasteiger partial charge in [-0.15, -0.1) is 11.3 Å². The van der Waals surface area contributed by atoms with Crippen LogP contribution >= 0.6 is 11.3 Å². The molecule has 3 rings (SSSR count). The molecular weight excluding hydrogens is 318 g/mol. The van der Waals surface area contributed by atoms with E-state index in [4.69, 9.17) is 5.11 Å². The van der Waals surface area contributed by atoms with Crippen molar-refractivity contribution in [1.82, 2.24) is 14.8 Å². The fraction of sp³-hybridized carbons (Fsp3) is 0.600. The zero-order chi connectivity index (χ0) is 16.6. The second-order valence-corrected chi connectivity index (χ2v) is 6.90. The lowest BCUT2D eigenvalue weighted by atomic mass is 10.1. The van der Waals surface area contributed by atoms with Gasteiger partial charge in [-0.25, -0.2) is 4.98 Å². The normalized spacial score (nSPS) is 24.5. The Hall–Kier alpha value is -1.96. The number of hydrogen-bond acceptors (Lipinski definition) is 5. The Labute approximate surface area is 137 Å². The van der Waals surface area contributed by atoms with E-state index in [1.807, 2.05) is 6.92 Å². The van der Waals surface area contributed by atoms with E-state index >= 15 is 0 Å². The second kappa shape index (κ2) is 6.27. The van der Waals surface area contributed by atoms with Crippen molar-refractivity contribution < 1.29 is 19.5 Å². The van der Waals surface area contributed by atoms with E-state index in [-0.39, 0.29) is 30.8 Å². The van der Waals surface area contributed by atoms with Gasteiger partial charge in [0.1, 0.15) is 5.69 Å². The quantitative estimate of drug-likeness (QED) is 0.880. The summed E-state index contributed by atoms with van der Waals surface area (Å²) >= 11 is 1.48. The van der Waals surface area contributed by atoms with Crippen LogP contribution in [-0.2, 0) is 16.0 Å². The smallest absolute Gasteiger partial charge is 0.308 e. The molecule has 2 aliphatic rings. The number of rotatable bonds is 4. The number of aryl methyl sites for hydroxylation is 1. The second-order valence-electron chi connectivity index (χ2n) is 5.96. The summed E-state index contributed by atoms with van der Waals surface area (Å²) in [6.45, 7) is 3.27. The summed E-state index contributed by atoms with van der Waals surface area (Å²) in [5, 5.41) is 11.8. The molecule has 2 amide bonds. The number of aromatic nitrogens is 1. The van der Waals surface area contributed by atoms with Crippen LogP contribution in [0.3, 0.4) is 0 Å². The number of nitrogens with zero attached hydrogens (tertiary/aromatic N) is 3. The Kier molecular flexibility index (Phi) is 4.34. The van der Waals surface area contributed by atoms with Gasteiger partial charge in [0.15, 0.2) is 0 Å². The van der Waals surface area contributed by atoms with Gasteiger partial charge in [-0.2, -0.15) is 0 Å². The Morgan fingerprint density at radius 1 is 1.43 bits per heavy atom. The van der Waals surface area contributed by atoms with Crippen LogP contribution in [0.5, 0.6) is 0 Å². The number of aliphatic carboxylic acids is 1. The predicted octanol–water partition coefficient (Wildman–Crippen LogP) is 0.853. The molecule has 0 aliphatic carbocycles. The van der Waals surface area contributed by atoms with Gasteiger partial charge in [-0.05, 0) is 12.8 Å². The van der Waals surface area contributed by atoms with Gasteiger partial charge >= 0.3 is 5.97 Å². The third-order valence-corrected chi connectivity index (χ3v) is 5.47. The van der Waals surface area contributed by atoms with Crippen molar-refractivity contribution in [1.29, 1.82) is 0 Å². The predicted molar refractivity (Wildman–Crippen MR) is 83.3 cm³/mol. The largest absolute Gasteiger partial charge is 0.481 e. The molecule has 1 N–H and O–H groups in total. The Balaban J connectivity index is 1.63. The SMILES string of the molecule is CCc1nc(C(=O)N2CCC(N3CC(C(=O)O)CC3=O)C2)cs1. The third-order valence-electron chi connectivity index (χ3n) is 4.47. The monoisotopic (exact) mass is 337 g/mol. The summed E-state index contributed by atoms with van der Waals surface area (Å²) in [4.78, 5) is 43.2. The number of carboxylic acid groups (broad SMARTS) is 1. The first-order valence-corrected chi connectivity index (χ1v) is 8.63. The maximum atomic E-state index is 12.5. The highest BCUT2D eigenvalue weighted by Gasteiger charge is 2.41. The molecule has 2 fully saturated rings. The van der Waals surface area contributed by atoms with Gasteiger partial charge < -0.3 is 14.9 Å². The van der Waals surface area contributed by atoms with Crippen molar-refractivity contribution in [3.63, 3.8) is 0 Å². The van der Waals surface area contributed by atoms with E-state index in [2.05, 4.69) is 4.98 Å². The van der Waals surface area contributed by atoms with E-state index in [9.17, 15) is 14.4 Å². The van der Waals surface area contributed by atoms with Crippen molar-refractivity contribution >= 4 is 29.1 Å². The van der Waals surface area contributed by atoms with Gasteiger partial charge in [0, 0.05) is 31.4 Å². The first-order chi connectivity index (χ1) is 11.0. The molecule has 7 nitrogen and oxygen atoms in total. The van der Waals surface area contributed by atoms with Crippen molar-refractivity contribution in [2.45, 2.75) is 32.2 Å². The molecule has 0 spiro atoms. The van der Waals surface area contributed by atoms with Gasteiger partial charge in [0.2, 0.25) is 5.91 Å². The first kappa shape index (κ1) is 15.9. The summed E-state index contributed by atoms with van der Waals surface area (Å²) in [7, 11) is 0. The Morgan fingerprint density at radius 3 is 2.83 bits per heavy atom. The standard InChI is InChI=1S/C15H19N3O4S/c1-2-12-16-11(8-23-12)14(20)17-4-3-10(7-17)18-6-9(15(21)22)5-13(18)19/h8-10H,2-7H2,1H3,(H,21,22). The molecule has 1 aromatic rings. The summed E-state index contributed by atoms with van der Waals surface area (Å²) in [6.07, 6.45) is 1.56. The fourth-order valence-electron chi connectivity index (χ4n) is 3.16. The van der Waals surface area contributed by atoms with Crippen LogP contribution < -0.4 is 0 Å². The fourth-order valence-corrected chi connectivity index (χ4v) is 3.88. The van der Waals surface area contributed by atoms with Crippen LogP contribution in [0.1, 0.15) is 35.3 Å². The molecule has 2 atom stereocenters. The number of carbonyl (C=O) groups excluding carboxylic acids is 2. The maximum Gasteiger partial charge on any atom is 0.308 e. The summed E-state index contributed by atoms with van der Waals surface area (Å²) in [5.74, 6) is -1.79. The van der Waals surface area contributed by atoms with Crippen molar-refractivity contribution in [2.24, 2.45) is 5.92 Å². The number of likely N-dealkylation sites (tertiary alicyclic amines) is 2. The lowest BCUT2D eigenvalue weighted by molar-refractivity contribution is -0.141. The van der Waals surface area contributed by atoms with Crippen LogP contribution in [0.15, 0.2) is 5.38 Å². The zero-order valence-corrected chi connectivity index (χ0v) is 13.7. The zero-order valence-electron chi connectivity index (χ0n) is 12.9.